The van der Waals surface area contributed by atoms with Crippen LogP contribution in [0.4, 0.5) is 0 Å². The SMILES string of the molecule is CC(C)(C)C(=O)C=C(O)C(C)(C)C.CC(C)(C)C(=O)C=C(O)C(C)(C)C.CC(C)(C)C(=O)C=C(O)C(C)(C)C.Cc1[c-]c(-c2ncnc3cc(-c4cocn4)ccc23)c2sc3ccccc3c2c1.Cc1[c-]c(-c2ncnc3cc(-c4cscn4)ccc23)c2sc3ccccc3c2c1.Cc1[c-]c(-c2ncnc3cc(-n4ccnc4)ccc23)c2sc3ccccc3c2c1.[Ir].[Ir].[Ir]. The van der Waals surface area contributed by atoms with Crippen molar-refractivity contribution in [3.63, 3.8) is 0 Å². The van der Waals surface area contributed by atoms with E-state index in [1.807, 2.05) is 153 Å². The number of nitrogens with zero attached hydrogens (tertiary/aromatic N) is 10. The van der Waals surface area contributed by atoms with Gasteiger partial charge in [0.05, 0.1) is 34.1 Å². The van der Waals surface area contributed by atoms with Gasteiger partial charge in [-0.1, -0.05) is 246 Å². The number of thiazole rings is 1. The Bertz CT molecular complexity index is 6520. The van der Waals surface area contributed by atoms with Gasteiger partial charge >= 0.3 is 0 Å². The number of aryl methyl sites for hydroxylation is 3. The Morgan fingerprint density at radius 3 is 1.05 bits per heavy atom. The van der Waals surface area contributed by atoms with E-state index in [4.69, 9.17) is 4.42 Å². The number of carbonyl (C=O) groups is 3. The molecule has 669 valence electrons. The van der Waals surface area contributed by atoms with Gasteiger partial charge in [0, 0.05) is 177 Å². The molecular weight excluding hydrogens is 2220 g/mol. The Hall–Kier alpha value is -10.7. The maximum absolute atomic E-state index is 11.5. The number of carbonyl (C=O) groups excluding carboxylic acids is 3. The fourth-order valence-electron chi connectivity index (χ4n) is 13.2. The van der Waals surface area contributed by atoms with E-state index < -0.39 is 16.2 Å². The number of fused-ring (bicyclic) bond motifs is 12. The minimum atomic E-state index is -0.417. The smallest absolute Gasteiger partial charge is 0.181 e. The summed E-state index contributed by atoms with van der Waals surface area (Å²) >= 11 is 6.98. The van der Waals surface area contributed by atoms with Crippen molar-refractivity contribution in [1.29, 1.82) is 0 Å². The summed E-state index contributed by atoms with van der Waals surface area (Å²) in [7, 11) is 0. The molecule has 0 amide bonds. The molecular formula is C105H103Ir3N10O7S4-3. The summed E-state index contributed by atoms with van der Waals surface area (Å²) < 4.78 is 14.6. The van der Waals surface area contributed by atoms with E-state index in [-0.39, 0.29) is 111 Å². The van der Waals surface area contributed by atoms with Crippen LogP contribution in [0.3, 0.4) is 0 Å². The summed E-state index contributed by atoms with van der Waals surface area (Å²) in [5, 5.41) is 41.4. The Morgan fingerprint density at radius 1 is 0.388 bits per heavy atom. The normalized spacial score (nSPS) is 12.2. The molecule has 0 bridgehead atoms. The number of aliphatic hydroxyl groups is 3. The molecule has 0 aliphatic carbocycles. The molecule has 0 fully saturated rings. The van der Waals surface area contributed by atoms with Crippen LogP contribution in [-0.4, -0.2) is 82.1 Å². The molecule has 0 saturated carbocycles. The predicted molar refractivity (Wildman–Crippen MR) is 522 cm³/mol. The first-order valence-electron chi connectivity index (χ1n) is 41.4. The molecule has 24 heteroatoms. The van der Waals surface area contributed by atoms with Gasteiger partial charge in [0.15, 0.2) is 23.7 Å². The Balaban J connectivity index is 0.000000167. The van der Waals surface area contributed by atoms with E-state index in [9.17, 15) is 29.7 Å². The summed E-state index contributed by atoms with van der Waals surface area (Å²) in [5.74, 6) is 0.312. The van der Waals surface area contributed by atoms with Gasteiger partial charge in [0.2, 0.25) is 0 Å². The van der Waals surface area contributed by atoms with Crippen LogP contribution in [0, 0.1) is 71.5 Å². The first-order chi connectivity index (χ1) is 59.5. The van der Waals surface area contributed by atoms with E-state index in [0.29, 0.717) is 0 Å². The van der Waals surface area contributed by atoms with Crippen LogP contribution in [0.2, 0.25) is 0 Å². The third-order valence-electron chi connectivity index (χ3n) is 20.8. The number of benzene rings is 9. The summed E-state index contributed by atoms with van der Waals surface area (Å²) in [6.45, 7) is 39.6. The second-order valence-electron chi connectivity index (χ2n) is 37.2. The fraction of sp³-hybridized carbons (Fsp3) is 0.257. The molecule has 0 unspecified atom stereocenters. The number of oxazole rings is 1. The zero-order valence-electron chi connectivity index (χ0n) is 75.9. The third-order valence-corrected chi connectivity index (χ3v) is 25.0. The first kappa shape index (κ1) is 100. The predicted octanol–water partition coefficient (Wildman–Crippen LogP) is 28.5. The molecule has 18 rings (SSSR count). The molecule has 3 N–H and O–H groups in total. The summed E-state index contributed by atoms with van der Waals surface area (Å²) in [6, 6.07) is 61.6. The average molecular weight is 2320 g/mol. The van der Waals surface area contributed by atoms with Crippen LogP contribution in [0.1, 0.15) is 141 Å². The molecule has 0 aliphatic rings. The number of allylic oxidation sites excluding steroid dienone is 6. The molecule has 17 nitrogen and oxygen atoms in total. The van der Waals surface area contributed by atoms with Gasteiger partial charge in [-0.25, -0.2) is 29.9 Å². The van der Waals surface area contributed by atoms with Gasteiger partial charge in [-0.05, 0) is 88.9 Å². The topological polar surface area (TPSA) is 246 Å². The van der Waals surface area contributed by atoms with Crippen molar-refractivity contribution in [2.45, 2.75) is 145 Å². The van der Waals surface area contributed by atoms with Gasteiger partial charge < -0.3 is 24.3 Å². The largest absolute Gasteiger partial charge is 0.512 e. The number of hydrogen-bond donors (Lipinski definition) is 3. The quantitative estimate of drug-likeness (QED) is 0.0691. The molecule has 9 aromatic carbocycles. The summed E-state index contributed by atoms with van der Waals surface area (Å²) in [5.41, 5.74) is 16.3. The molecule has 0 atom stereocenters. The minimum Gasteiger partial charge on any atom is -0.512 e. The third kappa shape index (κ3) is 23.7. The Morgan fingerprint density at radius 2 is 0.736 bits per heavy atom. The van der Waals surface area contributed by atoms with E-state index in [1.165, 1.54) is 85.1 Å². The molecule has 0 aliphatic heterocycles. The van der Waals surface area contributed by atoms with Crippen LogP contribution >= 0.6 is 45.3 Å². The van der Waals surface area contributed by atoms with Crippen molar-refractivity contribution in [3.05, 3.63) is 277 Å². The zero-order valence-corrected chi connectivity index (χ0v) is 86.4. The van der Waals surface area contributed by atoms with Crippen LogP contribution in [0.15, 0.2) is 247 Å². The number of aliphatic hydroxyl groups excluding tert-OH is 3. The van der Waals surface area contributed by atoms with Gasteiger partial charge in [-0.2, -0.15) is 34.0 Å². The number of ketones is 3. The molecule has 0 spiro atoms. The molecule has 0 saturated heterocycles. The summed E-state index contributed by atoms with van der Waals surface area (Å²) in [4.78, 5) is 74.8. The maximum atomic E-state index is 11.5. The molecule has 18 aromatic rings. The molecule has 9 heterocycles. The standard InChI is InChI=1S/C24H15N4S.C24H14N3OS.C24H14N3S2.3C11H20O2.3Ir/c1-15-10-19-17-4-2-3-5-22(17)29-24(19)20(11-15)23-18-7-6-16(28-9-8-25-14-28)12-21(18)26-13-27-23;2*1-14-8-18-16-4-2-3-5-22(16)29-24(18)19(9-14)23-17-7-6-15(21-11-28-13-27-21)10-20(17)25-12-26-23;3*1-10(2,3)8(12)7-9(13)11(4,5)6;;;/h2-10,12-14H,1H3;2*2-8,10-13H,1H3;3*7,12H,1-6H3;;;/q3*-1;;;;;;. The first-order valence-corrected chi connectivity index (χ1v) is 44.8. The number of thiophene rings is 3. The summed E-state index contributed by atoms with van der Waals surface area (Å²) in [6.07, 6.45) is 17.5. The molecule has 3 radical (unpaired) electrons. The maximum Gasteiger partial charge on any atom is 0.181 e. The van der Waals surface area contributed by atoms with Crippen molar-refractivity contribution in [2.24, 2.45) is 32.5 Å². The molecule has 9 aromatic heterocycles. The van der Waals surface area contributed by atoms with Crippen LogP contribution in [0.5, 0.6) is 0 Å². The number of hydrogen-bond acceptors (Lipinski definition) is 20. The van der Waals surface area contributed by atoms with Gasteiger partial charge in [-0.3, -0.25) is 29.3 Å². The van der Waals surface area contributed by atoms with Crippen LogP contribution < -0.4 is 0 Å². The van der Waals surface area contributed by atoms with E-state index >= 15 is 0 Å². The zero-order chi connectivity index (χ0) is 90.7. The number of imidazole rings is 1. The Kier molecular flexibility index (Phi) is 32.0. The van der Waals surface area contributed by atoms with Gasteiger partial charge in [0.25, 0.3) is 0 Å². The van der Waals surface area contributed by atoms with Crippen molar-refractivity contribution in [2.75, 3.05) is 0 Å². The van der Waals surface area contributed by atoms with Gasteiger partial charge in [0.1, 0.15) is 48.2 Å². The molecule has 129 heavy (non-hydrogen) atoms. The van der Waals surface area contributed by atoms with E-state index in [0.717, 1.165) is 111 Å². The Labute approximate surface area is 809 Å². The van der Waals surface area contributed by atoms with E-state index in [2.05, 4.69) is 223 Å². The monoisotopic (exact) mass is 2320 g/mol. The van der Waals surface area contributed by atoms with Crippen molar-refractivity contribution in [3.8, 4) is 62.0 Å². The number of rotatable bonds is 9. The van der Waals surface area contributed by atoms with Gasteiger partial charge in [-0.15, -0.1) is 81.1 Å². The second-order valence-corrected chi connectivity index (χ2v) is 41.1. The average Bonchev–Trinajstić information content (AvgIpc) is 1.64. The van der Waals surface area contributed by atoms with Crippen molar-refractivity contribution in [1.82, 2.24) is 49.4 Å². The minimum absolute atomic E-state index is 0. The van der Waals surface area contributed by atoms with E-state index in [1.54, 1.807) is 83.1 Å². The van der Waals surface area contributed by atoms with Crippen molar-refractivity contribution < 1.29 is 94.4 Å². The number of aromatic nitrogens is 10. The second kappa shape index (κ2) is 41.2. The van der Waals surface area contributed by atoms with Crippen LogP contribution in [0.25, 0.3) is 155 Å². The fourth-order valence-corrected chi connectivity index (χ4v) is 17.3. The van der Waals surface area contributed by atoms with Crippen molar-refractivity contribution >= 4 is 156 Å². The van der Waals surface area contributed by atoms with Crippen LogP contribution in [-0.2, 0) is 74.7 Å².